The summed E-state index contributed by atoms with van der Waals surface area (Å²) >= 11 is 3.37. The third-order valence-corrected chi connectivity index (χ3v) is 5.88. The van der Waals surface area contributed by atoms with Gasteiger partial charge >= 0.3 is 0 Å². The lowest BCUT2D eigenvalue weighted by atomic mass is 10.00. The number of hydrogen-bond donors (Lipinski definition) is 1. The largest absolute Gasteiger partial charge is 0.507 e. The Bertz CT molecular complexity index is 1150. The van der Waals surface area contributed by atoms with E-state index in [1.54, 1.807) is 42.9 Å². The number of carbonyl (C=O) groups excluding carboxylic acids is 2. The van der Waals surface area contributed by atoms with E-state index >= 15 is 0 Å². The second kappa shape index (κ2) is 9.78. The number of aliphatic hydroxyl groups excluding tert-OH is 1. The third kappa shape index (κ3) is 4.73. The molecule has 1 unspecified atom stereocenters. The number of halogens is 1. The minimum Gasteiger partial charge on any atom is -0.507 e. The zero-order valence-electron chi connectivity index (χ0n) is 17.3. The Morgan fingerprint density at radius 1 is 1.06 bits per heavy atom. The van der Waals surface area contributed by atoms with Crippen LogP contribution in [-0.4, -0.2) is 43.8 Å². The first-order valence-corrected chi connectivity index (χ1v) is 11.1. The molecule has 1 N–H and O–H groups in total. The van der Waals surface area contributed by atoms with Crippen LogP contribution < -0.4 is 0 Å². The summed E-state index contributed by atoms with van der Waals surface area (Å²) in [6.07, 6.45) is 9.60. The maximum atomic E-state index is 12.9. The van der Waals surface area contributed by atoms with Gasteiger partial charge in [0.05, 0.1) is 17.9 Å². The maximum Gasteiger partial charge on any atom is 0.295 e. The second-order valence-electron chi connectivity index (χ2n) is 7.47. The van der Waals surface area contributed by atoms with Crippen LogP contribution in [0.4, 0.5) is 0 Å². The van der Waals surface area contributed by atoms with Crippen molar-refractivity contribution in [1.82, 2.24) is 14.5 Å². The van der Waals surface area contributed by atoms with Crippen molar-refractivity contribution in [2.45, 2.75) is 19.0 Å². The van der Waals surface area contributed by atoms with E-state index < -0.39 is 17.7 Å². The van der Waals surface area contributed by atoms with Crippen molar-refractivity contribution in [1.29, 1.82) is 0 Å². The Labute approximate surface area is 194 Å². The van der Waals surface area contributed by atoms with Gasteiger partial charge in [-0.05, 0) is 24.1 Å². The highest BCUT2D eigenvalue weighted by atomic mass is 79.9. The van der Waals surface area contributed by atoms with Gasteiger partial charge in [-0.1, -0.05) is 70.5 Å². The fourth-order valence-corrected chi connectivity index (χ4v) is 3.99. The van der Waals surface area contributed by atoms with Crippen molar-refractivity contribution in [2.24, 2.45) is 0 Å². The van der Waals surface area contributed by atoms with Gasteiger partial charge in [-0.2, -0.15) is 0 Å². The van der Waals surface area contributed by atoms with Crippen LogP contribution in [0, 0.1) is 0 Å². The van der Waals surface area contributed by atoms with Gasteiger partial charge < -0.3 is 14.6 Å². The van der Waals surface area contributed by atoms with E-state index in [0.717, 1.165) is 10.0 Å². The molecule has 2 heterocycles. The highest BCUT2D eigenvalue weighted by Gasteiger charge is 2.43. The van der Waals surface area contributed by atoms with Crippen LogP contribution in [0.25, 0.3) is 11.8 Å². The lowest BCUT2D eigenvalue weighted by molar-refractivity contribution is -0.139. The van der Waals surface area contributed by atoms with E-state index in [0.29, 0.717) is 25.1 Å². The quantitative estimate of drug-likeness (QED) is 0.300. The summed E-state index contributed by atoms with van der Waals surface area (Å²) in [5.74, 6) is -1.44. The SMILES string of the molecule is O=C1C(=O)N(CCCn2ccnc2)C(/C=C/c2ccccc2)/C1=C(/O)c1ccc(Br)cc1. The molecule has 1 atom stereocenters. The molecule has 0 aliphatic carbocycles. The Hall–Kier alpha value is -3.45. The number of Topliss-reactive ketones (excluding diaryl/α,β-unsaturated/α-hetero) is 1. The molecule has 1 saturated heterocycles. The zero-order valence-corrected chi connectivity index (χ0v) is 18.9. The predicted octanol–water partition coefficient (Wildman–Crippen LogP) is 4.50. The molecule has 3 aromatic rings. The van der Waals surface area contributed by atoms with Crippen molar-refractivity contribution < 1.29 is 14.7 Å². The number of benzene rings is 2. The highest BCUT2D eigenvalue weighted by molar-refractivity contribution is 9.10. The topological polar surface area (TPSA) is 75.4 Å². The van der Waals surface area contributed by atoms with Crippen molar-refractivity contribution in [3.05, 3.63) is 101 Å². The van der Waals surface area contributed by atoms with Crippen LogP contribution in [0.15, 0.2) is 89.4 Å². The van der Waals surface area contributed by atoms with Gasteiger partial charge in [-0.15, -0.1) is 0 Å². The Morgan fingerprint density at radius 2 is 1.81 bits per heavy atom. The number of hydrogen-bond acceptors (Lipinski definition) is 4. The molecule has 32 heavy (non-hydrogen) atoms. The summed E-state index contributed by atoms with van der Waals surface area (Å²) in [4.78, 5) is 31.4. The number of aromatic nitrogens is 2. The number of rotatable bonds is 7. The van der Waals surface area contributed by atoms with E-state index in [4.69, 9.17) is 0 Å². The molecule has 0 radical (unpaired) electrons. The number of ketones is 1. The van der Waals surface area contributed by atoms with Gasteiger partial charge in [0.15, 0.2) is 0 Å². The first kappa shape index (κ1) is 21.8. The minimum atomic E-state index is -0.671. The van der Waals surface area contributed by atoms with Gasteiger partial charge in [0, 0.05) is 35.5 Å². The Morgan fingerprint density at radius 3 is 2.50 bits per heavy atom. The molecule has 1 fully saturated rings. The summed E-state index contributed by atoms with van der Waals surface area (Å²) in [5.41, 5.74) is 1.54. The van der Waals surface area contributed by atoms with Crippen molar-refractivity contribution >= 4 is 39.5 Å². The third-order valence-electron chi connectivity index (χ3n) is 5.35. The summed E-state index contributed by atoms with van der Waals surface area (Å²) in [6, 6.07) is 16.0. The number of amides is 1. The normalized spacial score (nSPS) is 18.0. The van der Waals surface area contributed by atoms with Gasteiger partial charge in [0.1, 0.15) is 5.76 Å². The average molecular weight is 492 g/mol. The fourth-order valence-electron chi connectivity index (χ4n) is 3.72. The number of likely N-dealkylation sites (tertiary alicyclic amines) is 1. The van der Waals surface area contributed by atoms with Crippen LogP contribution in [0.1, 0.15) is 17.5 Å². The molecule has 1 aliphatic heterocycles. The first-order chi connectivity index (χ1) is 15.5. The van der Waals surface area contributed by atoms with Gasteiger partial charge in [-0.3, -0.25) is 9.59 Å². The summed E-state index contributed by atoms with van der Waals surface area (Å²) in [5, 5.41) is 11.0. The summed E-state index contributed by atoms with van der Waals surface area (Å²) in [6.45, 7) is 1.05. The number of aliphatic hydroxyl groups is 1. The second-order valence-corrected chi connectivity index (χ2v) is 8.38. The summed E-state index contributed by atoms with van der Waals surface area (Å²) < 4.78 is 2.78. The molecule has 1 amide bonds. The molecule has 1 aliphatic rings. The molecule has 6 nitrogen and oxygen atoms in total. The molecule has 0 saturated carbocycles. The van der Waals surface area contributed by atoms with E-state index in [9.17, 15) is 14.7 Å². The lowest BCUT2D eigenvalue weighted by Gasteiger charge is -2.22. The predicted molar refractivity (Wildman–Crippen MR) is 127 cm³/mol. The number of aryl methyl sites for hydroxylation is 1. The monoisotopic (exact) mass is 491 g/mol. The molecule has 2 aromatic carbocycles. The maximum absolute atomic E-state index is 12.9. The number of imidazole rings is 1. The molecule has 0 bridgehead atoms. The van der Waals surface area contributed by atoms with E-state index in [1.807, 2.05) is 47.2 Å². The van der Waals surface area contributed by atoms with Crippen LogP contribution in [-0.2, 0) is 16.1 Å². The molecule has 162 valence electrons. The standard InChI is InChI=1S/C25H22BrN3O3/c26-20-10-8-19(9-11-20)23(30)22-21(12-7-18-5-2-1-3-6-18)29(25(32)24(22)31)15-4-14-28-16-13-27-17-28/h1-3,5-13,16-17,21,30H,4,14-15H2/b12-7+,23-22-. The van der Waals surface area contributed by atoms with Crippen LogP contribution in [0.3, 0.4) is 0 Å². The first-order valence-electron chi connectivity index (χ1n) is 10.3. The number of carbonyl (C=O) groups is 2. The molecular formula is C25H22BrN3O3. The highest BCUT2D eigenvalue weighted by Crippen LogP contribution is 2.30. The molecule has 7 heteroatoms. The van der Waals surface area contributed by atoms with Crippen molar-refractivity contribution in [2.75, 3.05) is 6.54 Å². The Kier molecular flexibility index (Phi) is 6.66. The molecular weight excluding hydrogens is 470 g/mol. The van der Waals surface area contributed by atoms with E-state index in [2.05, 4.69) is 20.9 Å². The number of nitrogens with zero attached hydrogens (tertiary/aromatic N) is 3. The van der Waals surface area contributed by atoms with E-state index in [1.165, 1.54) is 4.90 Å². The average Bonchev–Trinajstić information content (AvgIpc) is 3.41. The zero-order chi connectivity index (χ0) is 22.5. The fraction of sp³-hybridized carbons (Fsp3) is 0.160. The van der Waals surface area contributed by atoms with Crippen molar-refractivity contribution in [3.8, 4) is 0 Å². The van der Waals surface area contributed by atoms with Crippen LogP contribution in [0.5, 0.6) is 0 Å². The van der Waals surface area contributed by atoms with Gasteiger partial charge in [-0.25, -0.2) is 4.98 Å². The lowest BCUT2D eigenvalue weighted by Crippen LogP contribution is -2.34. The van der Waals surface area contributed by atoms with E-state index in [-0.39, 0.29) is 11.3 Å². The molecule has 0 spiro atoms. The van der Waals surface area contributed by atoms with Crippen LogP contribution in [0.2, 0.25) is 0 Å². The molecule has 1 aromatic heterocycles. The van der Waals surface area contributed by atoms with Crippen LogP contribution >= 0.6 is 15.9 Å². The van der Waals surface area contributed by atoms with Gasteiger partial charge in [0.25, 0.3) is 11.7 Å². The minimum absolute atomic E-state index is 0.104. The van der Waals surface area contributed by atoms with Crippen molar-refractivity contribution in [3.63, 3.8) is 0 Å². The smallest absolute Gasteiger partial charge is 0.295 e. The van der Waals surface area contributed by atoms with Gasteiger partial charge in [0.2, 0.25) is 0 Å². The Balaban J connectivity index is 1.67. The molecule has 4 rings (SSSR count). The summed E-state index contributed by atoms with van der Waals surface area (Å²) in [7, 11) is 0.